The predicted molar refractivity (Wildman–Crippen MR) is 50.2 cm³/mol. The molecule has 2 N–H and O–H groups in total. The molecule has 0 radical (unpaired) electrons. The number of fused-ring (bicyclic) bond motifs is 2. The van der Waals surface area contributed by atoms with Crippen LogP contribution in [0.4, 0.5) is 4.79 Å². The zero-order valence-electron chi connectivity index (χ0n) is 8.09. The van der Waals surface area contributed by atoms with Gasteiger partial charge in [-0.05, 0) is 12.8 Å². The SMILES string of the molecule is O=C(O)N1C2CCC1CN(CCO)C2. The van der Waals surface area contributed by atoms with Crippen molar-refractivity contribution < 1.29 is 15.0 Å². The molecule has 2 heterocycles. The molecular weight excluding hydrogens is 184 g/mol. The number of carbonyl (C=O) groups is 1. The van der Waals surface area contributed by atoms with Crippen LogP contribution in [0.3, 0.4) is 0 Å². The summed E-state index contributed by atoms with van der Waals surface area (Å²) in [6, 6.07) is 0.301. The Morgan fingerprint density at radius 1 is 1.29 bits per heavy atom. The Hall–Kier alpha value is -0.810. The van der Waals surface area contributed by atoms with E-state index in [1.807, 2.05) is 0 Å². The number of piperazine rings is 1. The lowest BCUT2D eigenvalue weighted by molar-refractivity contribution is 0.0550. The highest BCUT2D eigenvalue weighted by Gasteiger charge is 2.42. The largest absolute Gasteiger partial charge is 0.465 e. The summed E-state index contributed by atoms with van der Waals surface area (Å²) in [5.74, 6) is 0. The fourth-order valence-electron chi connectivity index (χ4n) is 2.63. The molecule has 0 spiro atoms. The lowest BCUT2D eigenvalue weighted by atomic mass is 10.2. The zero-order chi connectivity index (χ0) is 10.1. The van der Waals surface area contributed by atoms with Gasteiger partial charge in [0.1, 0.15) is 0 Å². The molecular formula is C9H16N2O3. The molecule has 2 fully saturated rings. The molecule has 2 aliphatic rings. The Bertz CT molecular complexity index is 220. The van der Waals surface area contributed by atoms with Crippen LogP contribution in [-0.2, 0) is 0 Å². The van der Waals surface area contributed by atoms with Crippen LogP contribution in [0.15, 0.2) is 0 Å². The van der Waals surface area contributed by atoms with Crippen LogP contribution in [-0.4, -0.2) is 64.4 Å². The molecule has 1 amide bonds. The molecule has 2 unspecified atom stereocenters. The Kier molecular flexibility index (Phi) is 2.60. The van der Waals surface area contributed by atoms with E-state index in [0.29, 0.717) is 6.54 Å². The third-order valence-electron chi connectivity index (χ3n) is 3.19. The Morgan fingerprint density at radius 2 is 1.86 bits per heavy atom. The van der Waals surface area contributed by atoms with Crippen molar-refractivity contribution in [3.8, 4) is 0 Å². The Labute approximate surface area is 82.9 Å². The summed E-state index contributed by atoms with van der Waals surface area (Å²) in [4.78, 5) is 14.7. The van der Waals surface area contributed by atoms with Gasteiger partial charge < -0.3 is 10.2 Å². The number of rotatable bonds is 2. The van der Waals surface area contributed by atoms with E-state index in [2.05, 4.69) is 4.90 Å². The molecule has 2 atom stereocenters. The van der Waals surface area contributed by atoms with Crippen molar-refractivity contribution in [2.45, 2.75) is 24.9 Å². The maximum absolute atomic E-state index is 10.9. The van der Waals surface area contributed by atoms with Crippen LogP contribution in [0.5, 0.6) is 0 Å². The van der Waals surface area contributed by atoms with Gasteiger partial charge in [-0.25, -0.2) is 4.79 Å². The average Bonchev–Trinajstić information content (AvgIpc) is 2.39. The summed E-state index contributed by atoms with van der Waals surface area (Å²) in [5, 5.41) is 17.8. The van der Waals surface area contributed by atoms with E-state index in [9.17, 15) is 4.79 Å². The molecule has 2 rings (SSSR count). The van der Waals surface area contributed by atoms with Crippen LogP contribution >= 0.6 is 0 Å². The fraction of sp³-hybridized carbons (Fsp3) is 0.889. The fourth-order valence-corrected chi connectivity index (χ4v) is 2.63. The molecule has 0 aromatic carbocycles. The van der Waals surface area contributed by atoms with E-state index < -0.39 is 6.09 Å². The third-order valence-corrected chi connectivity index (χ3v) is 3.19. The van der Waals surface area contributed by atoms with Crippen molar-refractivity contribution >= 4 is 6.09 Å². The Balaban J connectivity index is 2.01. The van der Waals surface area contributed by atoms with Crippen molar-refractivity contribution in [2.75, 3.05) is 26.2 Å². The van der Waals surface area contributed by atoms with Gasteiger partial charge >= 0.3 is 6.09 Å². The number of nitrogens with zero attached hydrogens (tertiary/aromatic N) is 2. The first-order valence-electron chi connectivity index (χ1n) is 5.07. The number of amides is 1. The maximum atomic E-state index is 10.9. The molecule has 5 heteroatoms. The summed E-state index contributed by atoms with van der Waals surface area (Å²) >= 11 is 0. The third kappa shape index (κ3) is 1.57. The maximum Gasteiger partial charge on any atom is 0.407 e. The molecule has 0 aromatic rings. The molecule has 2 saturated heterocycles. The minimum Gasteiger partial charge on any atom is -0.465 e. The number of aliphatic hydroxyl groups is 1. The van der Waals surface area contributed by atoms with Gasteiger partial charge in [0.15, 0.2) is 0 Å². The van der Waals surface area contributed by atoms with Gasteiger partial charge in [-0.15, -0.1) is 0 Å². The van der Waals surface area contributed by atoms with Gasteiger partial charge in [-0.1, -0.05) is 0 Å². The topological polar surface area (TPSA) is 64.0 Å². The number of carboxylic acid groups (broad SMARTS) is 1. The molecule has 2 aliphatic heterocycles. The highest BCUT2D eigenvalue weighted by molar-refractivity contribution is 5.66. The predicted octanol–water partition coefficient (Wildman–Crippen LogP) is -0.195. The van der Waals surface area contributed by atoms with E-state index in [1.54, 1.807) is 4.90 Å². The summed E-state index contributed by atoms with van der Waals surface area (Å²) in [6.45, 7) is 2.39. The lowest BCUT2D eigenvalue weighted by Crippen LogP contribution is -2.55. The normalized spacial score (nSPS) is 32.2. The second-order valence-corrected chi connectivity index (χ2v) is 4.06. The van der Waals surface area contributed by atoms with Gasteiger partial charge in [-0.3, -0.25) is 9.80 Å². The van der Waals surface area contributed by atoms with Crippen molar-refractivity contribution in [3.05, 3.63) is 0 Å². The number of aliphatic hydroxyl groups excluding tert-OH is 1. The molecule has 0 aromatic heterocycles. The summed E-state index contributed by atoms with van der Waals surface area (Å²) < 4.78 is 0. The van der Waals surface area contributed by atoms with Crippen LogP contribution in [0.2, 0.25) is 0 Å². The Morgan fingerprint density at radius 3 is 2.29 bits per heavy atom. The first-order valence-corrected chi connectivity index (χ1v) is 5.07. The molecule has 5 nitrogen and oxygen atoms in total. The van der Waals surface area contributed by atoms with E-state index in [4.69, 9.17) is 10.2 Å². The quantitative estimate of drug-likeness (QED) is 0.648. The molecule has 0 saturated carbocycles. The minimum atomic E-state index is -0.791. The summed E-state index contributed by atoms with van der Waals surface area (Å²) in [6.07, 6.45) is 1.15. The molecule has 2 bridgehead atoms. The van der Waals surface area contributed by atoms with Crippen LogP contribution in [0.25, 0.3) is 0 Å². The van der Waals surface area contributed by atoms with Crippen LogP contribution in [0, 0.1) is 0 Å². The minimum absolute atomic E-state index is 0.151. The molecule has 0 aliphatic carbocycles. The second-order valence-electron chi connectivity index (χ2n) is 4.06. The summed E-state index contributed by atoms with van der Waals surface area (Å²) in [5.41, 5.74) is 0. The lowest BCUT2D eigenvalue weighted by Gasteiger charge is -2.39. The van der Waals surface area contributed by atoms with E-state index in [-0.39, 0.29) is 18.7 Å². The smallest absolute Gasteiger partial charge is 0.407 e. The standard InChI is InChI=1S/C9H16N2O3/c12-4-3-10-5-7-1-2-8(6-10)11(7)9(13)14/h7-8,12H,1-6H2,(H,13,14). The summed E-state index contributed by atoms with van der Waals surface area (Å²) in [7, 11) is 0. The highest BCUT2D eigenvalue weighted by Crippen LogP contribution is 2.29. The van der Waals surface area contributed by atoms with E-state index >= 15 is 0 Å². The zero-order valence-corrected chi connectivity index (χ0v) is 8.09. The van der Waals surface area contributed by atoms with Crippen molar-refractivity contribution in [3.63, 3.8) is 0 Å². The first-order chi connectivity index (χ1) is 6.72. The van der Waals surface area contributed by atoms with Gasteiger partial charge in [0, 0.05) is 31.7 Å². The van der Waals surface area contributed by atoms with Crippen LogP contribution < -0.4 is 0 Å². The number of hydrogen-bond donors (Lipinski definition) is 2. The number of hydrogen-bond acceptors (Lipinski definition) is 3. The van der Waals surface area contributed by atoms with E-state index in [1.165, 1.54) is 0 Å². The number of β-amino-alcohol motifs (C(OH)–C–C–N with tert-alkyl or cyclic N) is 1. The second kappa shape index (κ2) is 3.74. The van der Waals surface area contributed by atoms with Crippen molar-refractivity contribution in [1.82, 2.24) is 9.80 Å². The van der Waals surface area contributed by atoms with Crippen LogP contribution in [0.1, 0.15) is 12.8 Å². The molecule has 80 valence electrons. The monoisotopic (exact) mass is 200 g/mol. The van der Waals surface area contributed by atoms with Gasteiger partial charge in [0.05, 0.1) is 6.61 Å². The van der Waals surface area contributed by atoms with Gasteiger partial charge in [0.2, 0.25) is 0 Å². The number of likely N-dealkylation sites (tertiary alicyclic amines) is 1. The van der Waals surface area contributed by atoms with E-state index in [0.717, 1.165) is 25.9 Å². The van der Waals surface area contributed by atoms with Crippen molar-refractivity contribution in [1.29, 1.82) is 0 Å². The first kappa shape index (κ1) is 9.73. The average molecular weight is 200 g/mol. The van der Waals surface area contributed by atoms with Gasteiger partial charge in [0.25, 0.3) is 0 Å². The molecule has 14 heavy (non-hydrogen) atoms. The van der Waals surface area contributed by atoms with Crippen molar-refractivity contribution in [2.24, 2.45) is 0 Å². The highest BCUT2D eigenvalue weighted by atomic mass is 16.4. The van der Waals surface area contributed by atoms with Gasteiger partial charge in [-0.2, -0.15) is 0 Å².